The van der Waals surface area contributed by atoms with Gasteiger partial charge in [0.1, 0.15) is 5.56 Å². The molecule has 2 atom stereocenters. The highest BCUT2D eigenvalue weighted by atomic mass is 16.5. The summed E-state index contributed by atoms with van der Waals surface area (Å²) in [4.78, 5) is 15.6. The van der Waals surface area contributed by atoms with E-state index < -0.39 is 0 Å². The van der Waals surface area contributed by atoms with Crippen LogP contribution in [-0.4, -0.2) is 48.0 Å². The van der Waals surface area contributed by atoms with Crippen molar-refractivity contribution in [3.8, 4) is 11.5 Å². The molecule has 2 unspecified atom stereocenters. The van der Waals surface area contributed by atoms with E-state index in [2.05, 4.69) is 20.8 Å². The summed E-state index contributed by atoms with van der Waals surface area (Å²) in [6, 6.07) is 2.48. The second-order valence-electron chi connectivity index (χ2n) is 7.23. The number of rotatable bonds is 7. The number of pyridine rings is 1. The van der Waals surface area contributed by atoms with Crippen molar-refractivity contribution < 1.29 is 19.0 Å². The summed E-state index contributed by atoms with van der Waals surface area (Å²) in [6.45, 7) is 2.02. The SMILES string of the molecule is COc1cncc(OCC2CCCCC2c2ccnn2C2COC2)c1C=O. The van der Waals surface area contributed by atoms with Crippen LogP contribution in [0.25, 0.3) is 0 Å². The molecule has 1 aliphatic carbocycles. The molecule has 2 aromatic rings. The van der Waals surface area contributed by atoms with E-state index in [1.54, 1.807) is 6.20 Å². The number of hydrogen-bond donors (Lipinski definition) is 0. The lowest BCUT2D eigenvalue weighted by atomic mass is 9.77. The van der Waals surface area contributed by atoms with E-state index >= 15 is 0 Å². The van der Waals surface area contributed by atoms with Gasteiger partial charge in [0.2, 0.25) is 0 Å². The number of hydrogen-bond acceptors (Lipinski definition) is 6. The minimum Gasteiger partial charge on any atom is -0.494 e. The first-order valence-corrected chi connectivity index (χ1v) is 9.53. The Balaban J connectivity index is 1.51. The molecule has 3 heterocycles. The Morgan fingerprint density at radius 1 is 1.26 bits per heavy atom. The molecular formula is C20H25N3O4. The van der Waals surface area contributed by atoms with Crippen molar-refractivity contribution in [2.45, 2.75) is 37.6 Å². The molecule has 0 bridgehead atoms. The van der Waals surface area contributed by atoms with E-state index in [0.29, 0.717) is 41.5 Å². The van der Waals surface area contributed by atoms with Crippen molar-refractivity contribution >= 4 is 6.29 Å². The lowest BCUT2D eigenvalue weighted by molar-refractivity contribution is -0.0310. The third-order valence-electron chi connectivity index (χ3n) is 5.66. The third kappa shape index (κ3) is 3.56. The Kier molecular flexibility index (Phi) is 5.38. The zero-order valence-electron chi connectivity index (χ0n) is 15.5. The maximum absolute atomic E-state index is 11.5. The number of carbonyl (C=O) groups excluding carboxylic acids is 1. The van der Waals surface area contributed by atoms with Gasteiger partial charge in [0.15, 0.2) is 17.8 Å². The summed E-state index contributed by atoms with van der Waals surface area (Å²) in [6.07, 6.45) is 10.4. The first kappa shape index (κ1) is 18.0. The van der Waals surface area contributed by atoms with E-state index in [1.165, 1.54) is 31.8 Å². The van der Waals surface area contributed by atoms with Crippen LogP contribution in [-0.2, 0) is 4.74 Å². The third-order valence-corrected chi connectivity index (χ3v) is 5.66. The minimum absolute atomic E-state index is 0.350. The summed E-state index contributed by atoms with van der Waals surface area (Å²) in [5.41, 5.74) is 1.69. The summed E-state index contributed by atoms with van der Waals surface area (Å²) in [5, 5.41) is 4.54. The fraction of sp³-hybridized carbons (Fsp3) is 0.550. The van der Waals surface area contributed by atoms with Crippen LogP contribution in [0.15, 0.2) is 24.7 Å². The van der Waals surface area contributed by atoms with Crippen LogP contribution in [0, 0.1) is 5.92 Å². The minimum atomic E-state index is 0.350. The predicted octanol–water partition coefficient (Wildman–Crippen LogP) is 3.02. The topological polar surface area (TPSA) is 75.5 Å². The van der Waals surface area contributed by atoms with Gasteiger partial charge in [-0.25, -0.2) is 0 Å². The second kappa shape index (κ2) is 8.08. The van der Waals surface area contributed by atoms with Gasteiger partial charge in [0.25, 0.3) is 0 Å². The highest BCUT2D eigenvalue weighted by Gasteiger charge is 2.32. The molecule has 0 N–H and O–H groups in total. The number of aromatic nitrogens is 3. The number of carbonyl (C=O) groups is 1. The lowest BCUT2D eigenvalue weighted by Gasteiger charge is -2.35. The average molecular weight is 371 g/mol. The predicted molar refractivity (Wildman–Crippen MR) is 98.5 cm³/mol. The van der Waals surface area contributed by atoms with Crippen molar-refractivity contribution in [1.29, 1.82) is 0 Å². The van der Waals surface area contributed by atoms with Gasteiger partial charge in [0.05, 0.1) is 45.4 Å². The standard InChI is InChI=1S/C20H25N3O4/c1-25-19-8-21-9-20(17(19)10-24)27-11-14-4-2-3-5-16(14)18-6-7-22-23(18)15-12-26-13-15/h6-10,14-16H,2-5,11-13H2,1H3. The molecule has 2 aromatic heterocycles. The maximum Gasteiger partial charge on any atom is 0.157 e. The molecule has 4 rings (SSSR count). The highest BCUT2D eigenvalue weighted by molar-refractivity contribution is 5.83. The van der Waals surface area contributed by atoms with Gasteiger partial charge in [-0.3, -0.25) is 14.5 Å². The monoisotopic (exact) mass is 371 g/mol. The average Bonchev–Trinajstić information content (AvgIpc) is 3.13. The molecule has 2 aliphatic rings. The Morgan fingerprint density at radius 3 is 2.81 bits per heavy atom. The number of nitrogens with zero attached hydrogens (tertiary/aromatic N) is 3. The molecule has 144 valence electrons. The van der Waals surface area contributed by atoms with Crippen LogP contribution >= 0.6 is 0 Å². The molecule has 0 radical (unpaired) electrons. The van der Waals surface area contributed by atoms with E-state index in [4.69, 9.17) is 14.2 Å². The van der Waals surface area contributed by atoms with Gasteiger partial charge >= 0.3 is 0 Å². The molecule has 1 saturated carbocycles. The van der Waals surface area contributed by atoms with Crippen LogP contribution in [0.2, 0.25) is 0 Å². The normalized spacial score (nSPS) is 22.9. The summed E-state index contributed by atoms with van der Waals surface area (Å²) in [5.74, 6) is 1.70. The first-order chi connectivity index (χ1) is 13.3. The molecule has 0 spiro atoms. The molecule has 0 amide bonds. The summed E-state index contributed by atoms with van der Waals surface area (Å²) in [7, 11) is 1.52. The largest absolute Gasteiger partial charge is 0.494 e. The van der Waals surface area contributed by atoms with E-state index in [-0.39, 0.29) is 0 Å². The van der Waals surface area contributed by atoms with Crippen LogP contribution in [0.5, 0.6) is 11.5 Å². The van der Waals surface area contributed by atoms with E-state index in [9.17, 15) is 4.79 Å². The van der Waals surface area contributed by atoms with Gasteiger partial charge in [-0.1, -0.05) is 12.8 Å². The van der Waals surface area contributed by atoms with Gasteiger partial charge in [-0.15, -0.1) is 0 Å². The first-order valence-electron chi connectivity index (χ1n) is 9.53. The molecule has 7 heteroatoms. The molecule has 2 fully saturated rings. The van der Waals surface area contributed by atoms with E-state index in [0.717, 1.165) is 32.3 Å². The van der Waals surface area contributed by atoms with Gasteiger partial charge in [-0.05, 0) is 18.9 Å². The molecule has 0 aromatic carbocycles. The van der Waals surface area contributed by atoms with Crippen molar-refractivity contribution in [2.24, 2.45) is 5.92 Å². The molecule has 1 saturated heterocycles. The van der Waals surface area contributed by atoms with Crippen LogP contribution < -0.4 is 9.47 Å². The maximum atomic E-state index is 11.5. The van der Waals surface area contributed by atoms with Crippen molar-refractivity contribution in [1.82, 2.24) is 14.8 Å². The fourth-order valence-corrected chi connectivity index (χ4v) is 4.11. The van der Waals surface area contributed by atoms with Crippen molar-refractivity contribution in [3.05, 3.63) is 35.9 Å². The smallest absolute Gasteiger partial charge is 0.157 e. The molecule has 1 aliphatic heterocycles. The Morgan fingerprint density at radius 2 is 2.07 bits per heavy atom. The summed E-state index contributed by atoms with van der Waals surface area (Å²) >= 11 is 0. The highest BCUT2D eigenvalue weighted by Crippen LogP contribution is 2.39. The molecule has 7 nitrogen and oxygen atoms in total. The zero-order valence-corrected chi connectivity index (χ0v) is 15.5. The van der Waals surface area contributed by atoms with E-state index in [1.807, 2.05) is 6.20 Å². The fourth-order valence-electron chi connectivity index (χ4n) is 4.11. The van der Waals surface area contributed by atoms with Gasteiger partial charge in [-0.2, -0.15) is 5.10 Å². The lowest BCUT2D eigenvalue weighted by Crippen LogP contribution is -2.34. The Bertz CT molecular complexity index is 787. The Hall–Kier alpha value is -2.41. The van der Waals surface area contributed by atoms with Crippen LogP contribution in [0.1, 0.15) is 53.7 Å². The number of aldehydes is 1. The number of ether oxygens (including phenoxy) is 3. The van der Waals surface area contributed by atoms with Gasteiger partial charge in [0, 0.05) is 23.7 Å². The van der Waals surface area contributed by atoms with Crippen LogP contribution in [0.4, 0.5) is 0 Å². The van der Waals surface area contributed by atoms with Crippen molar-refractivity contribution in [3.63, 3.8) is 0 Å². The molecule has 27 heavy (non-hydrogen) atoms. The molecular weight excluding hydrogens is 346 g/mol. The summed E-state index contributed by atoms with van der Waals surface area (Å²) < 4.78 is 18.7. The quantitative estimate of drug-likeness (QED) is 0.697. The van der Waals surface area contributed by atoms with Crippen molar-refractivity contribution in [2.75, 3.05) is 26.9 Å². The van der Waals surface area contributed by atoms with Gasteiger partial charge < -0.3 is 14.2 Å². The Labute approximate surface area is 158 Å². The van der Waals surface area contributed by atoms with Crippen LogP contribution in [0.3, 0.4) is 0 Å². The number of methoxy groups -OCH3 is 1. The second-order valence-corrected chi connectivity index (χ2v) is 7.23. The zero-order chi connectivity index (χ0) is 18.6.